The lowest BCUT2D eigenvalue weighted by Crippen LogP contribution is -2.22. The zero-order valence-corrected chi connectivity index (χ0v) is 14.0. The highest BCUT2D eigenvalue weighted by atomic mass is 16.1. The van der Waals surface area contributed by atoms with Crippen LogP contribution in [0, 0.1) is 13.8 Å². The maximum Gasteiger partial charge on any atom is 0.222 e. The number of carbonyl (C=O) groups excluding carboxylic acids is 1. The predicted molar refractivity (Wildman–Crippen MR) is 91.4 cm³/mol. The van der Waals surface area contributed by atoms with Crippen molar-refractivity contribution < 1.29 is 4.79 Å². The fourth-order valence-electron chi connectivity index (χ4n) is 3.28. The number of nitrogens with one attached hydrogen (secondary N) is 1. The van der Waals surface area contributed by atoms with E-state index in [-0.39, 0.29) is 5.91 Å². The van der Waals surface area contributed by atoms with Gasteiger partial charge in [-0.3, -0.25) is 14.4 Å². The average Bonchev–Trinajstić information content (AvgIpc) is 3.11. The van der Waals surface area contributed by atoms with E-state index in [2.05, 4.69) is 47.4 Å². The smallest absolute Gasteiger partial charge is 0.222 e. The average molecular weight is 312 g/mol. The minimum Gasteiger partial charge on any atom is -0.309 e. The number of hydrogen-bond donors (Lipinski definition) is 1. The van der Waals surface area contributed by atoms with Gasteiger partial charge >= 0.3 is 0 Å². The van der Waals surface area contributed by atoms with E-state index in [9.17, 15) is 4.79 Å². The van der Waals surface area contributed by atoms with Gasteiger partial charge < -0.3 is 5.32 Å². The predicted octanol–water partition coefficient (Wildman–Crippen LogP) is 2.91. The lowest BCUT2D eigenvalue weighted by Gasteiger charge is -2.19. The molecule has 1 fully saturated rings. The number of aromatic nitrogens is 2. The van der Waals surface area contributed by atoms with Crippen LogP contribution in [-0.4, -0.2) is 33.7 Å². The Morgan fingerprint density at radius 1 is 1.30 bits per heavy atom. The zero-order valence-electron chi connectivity index (χ0n) is 14.0. The lowest BCUT2D eigenvalue weighted by molar-refractivity contribution is -0.114. The van der Waals surface area contributed by atoms with Crippen molar-refractivity contribution in [2.24, 2.45) is 0 Å². The second-order valence-corrected chi connectivity index (χ2v) is 6.41. The molecule has 2 heterocycles. The topological polar surface area (TPSA) is 50.2 Å². The normalized spacial score (nSPS) is 18.3. The van der Waals surface area contributed by atoms with Crippen LogP contribution in [0.5, 0.6) is 0 Å². The fourth-order valence-corrected chi connectivity index (χ4v) is 3.28. The van der Waals surface area contributed by atoms with Gasteiger partial charge in [-0.2, -0.15) is 5.10 Å². The van der Waals surface area contributed by atoms with Crippen molar-refractivity contribution >= 4 is 11.7 Å². The third kappa shape index (κ3) is 3.62. The van der Waals surface area contributed by atoms with Crippen molar-refractivity contribution in [2.45, 2.75) is 39.8 Å². The van der Waals surface area contributed by atoms with Gasteiger partial charge in [0.25, 0.3) is 0 Å². The molecule has 1 N–H and O–H groups in total. The van der Waals surface area contributed by atoms with E-state index in [1.54, 1.807) is 0 Å². The highest BCUT2D eigenvalue weighted by molar-refractivity contribution is 5.87. The van der Waals surface area contributed by atoms with E-state index >= 15 is 0 Å². The minimum absolute atomic E-state index is 0.0849. The molecule has 1 aromatic heterocycles. The molecule has 0 radical (unpaired) electrons. The third-order valence-electron chi connectivity index (χ3n) is 4.56. The molecular weight excluding hydrogens is 288 g/mol. The summed E-state index contributed by atoms with van der Waals surface area (Å²) in [4.78, 5) is 13.6. The molecule has 1 aliphatic rings. The number of hydrogen-bond acceptors (Lipinski definition) is 3. The first kappa shape index (κ1) is 15.7. The SMILES string of the molecule is CC(=O)Nc1ccn(C2CCN(Cc3c(C)cccc3C)C2)n1. The Balaban J connectivity index is 1.64. The minimum atomic E-state index is -0.0849. The van der Waals surface area contributed by atoms with E-state index in [4.69, 9.17) is 0 Å². The van der Waals surface area contributed by atoms with Gasteiger partial charge in [-0.05, 0) is 37.0 Å². The van der Waals surface area contributed by atoms with E-state index in [0.29, 0.717) is 11.9 Å². The summed E-state index contributed by atoms with van der Waals surface area (Å²) in [5.41, 5.74) is 4.16. The quantitative estimate of drug-likeness (QED) is 0.944. The maximum absolute atomic E-state index is 11.1. The van der Waals surface area contributed by atoms with Gasteiger partial charge in [0.1, 0.15) is 0 Å². The second kappa shape index (κ2) is 6.54. The van der Waals surface area contributed by atoms with Crippen LogP contribution in [0.4, 0.5) is 5.82 Å². The van der Waals surface area contributed by atoms with Gasteiger partial charge in [0.05, 0.1) is 6.04 Å². The van der Waals surface area contributed by atoms with Crippen LogP contribution >= 0.6 is 0 Å². The molecule has 1 atom stereocenters. The molecule has 2 aromatic rings. The molecule has 122 valence electrons. The van der Waals surface area contributed by atoms with Crippen LogP contribution in [-0.2, 0) is 11.3 Å². The molecule has 5 nitrogen and oxygen atoms in total. The summed E-state index contributed by atoms with van der Waals surface area (Å²) in [5.74, 6) is 0.545. The number of rotatable bonds is 4. The third-order valence-corrected chi connectivity index (χ3v) is 4.56. The highest BCUT2D eigenvalue weighted by Gasteiger charge is 2.25. The fraction of sp³-hybridized carbons (Fsp3) is 0.444. The van der Waals surface area contributed by atoms with Gasteiger partial charge in [0, 0.05) is 38.8 Å². The lowest BCUT2D eigenvalue weighted by atomic mass is 10.0. The summed E-state index contributed by atoms with van der Waals surface area (Å²) >= 11 is 0. The molecule has 1 aliphatic heterocycles. The molecule has 23 heavy (non-hydrogen) atoms. The molecule has 0 aliphatic carbocycles. The highest BCUT2D eigenvalue weighted by Crippen LogP contribution is 2.25. The molecule has 1 saturated heterocycles. The number of anilines is 1. The molecule has 1 unspecified atom stereocenters. The van der Waals surface area contributed by atoms with Crippen LogP contribution in [0.15, 0.2) is 30.5 Å². The molecule has 0 spiro atoms. The molecule has 5 heteroatoms. The first-order valence-corrected chi connectivity index (χ1v) is 8.13. The maximum atomic E-state index is 11.1. The molecule has 1 amide bonds. The van der Waals surface area contributed by atoms with Gasteiger partial charge in [-0.1, -0.05) is 18.2 Å². The largest absolute Gasteiger partial charge is 0.309 e. The summed E-state index contributed by atoms with van der Waals surface area (Å²) in [6, 6.07) is 8.72. The van der Waals surface area contributed by atoms with Crippen molar-refractivity contribution in [1.29, 1.82) is 0 Å². The number of benzene rings is 1. The van der Waals surface area contributed by atoms with Crippen molar-refractivity contribution in [3.8, 4) is 0 Å². The summed E-state index contributed by atoms with van der Waals surface area (Å²) in [5, 5.41) is 7.20. The van der Waals surface area contributed by atoms with Crippen LogP contribution < -0.4 is 5.32 Å². The Morgan fingerprint density at radius 3 is 2.74 bits per heavy atom. The van der Waals surface area contributed by atoms with Crippen molar-refractivity contribution in [3.05, 3.63) is 47.2 Å². The Hall–Kier alpha value is -2.14. The number of carbonyl (C=O) groups is 1. The standard InChI is InChI=1S/C18H24N4O/c1-13-5-4-6-14(2)17(13)12-21-9-7-16(11-21)22-10-8-18(20-22)19-15(3)23/h4-6,8,10,16H,7,9,11-12H2,1-3H3,(H,19,20,23). The van der Waals surface area contributed by atoms with Crippen LogP contribution in [0.2, 0.25) is 0 Å². The summed E-state index contributed by atoms with van der Waals surface area (Å²) in [7, 11) is 0. The van der Waals surface area contributed by atoms with Crippen molar-refractivity contribution in [1.82, 2.24) is 14.7 Å². The molecular formula is C18H24N4O. The van der Waals surface area contributed by atoms with Crippen molar-refractivity contribution in [2.75, 3.05) is 18.4 Å². The molecule has 0 bridgehead atoms. The number of likely N-dealkylation sites (tertiary alicyclic amines) is 1. The van der Waals surface area contributed by atoms with Gasteiger partial charge in [0.2, 0.25) is 5.91 Å². The Morgan fingerprint density at radius 2 is 2.04 bits per heavy atom. The molecule has 1 aromatic carbocycles. The summed E-state index contributed by atoms with van der Waals surface area (Å²) in [6.45, 7) is 8.94. The molecule has 0 saturated carbocycles. The van der Waals surface area contributed by atoms with E-state index < -0.39 is 0 Å². The van der Waals surface area contributed by atoms with Gasteiger partial charge in [-0.25, -0.2) is 0 Å². The van der Waals surface area contributed by atoms with E-state index in [1.165, 1.54) is 23.6 Å². The number of amides is 1. The number of nitrogens with zero attached hydrogens (tertiary/aromatic N) is 3. The second-order valence-electron chi connectivity index (χ2n) is 6.41. The zero-order chi connectivity index (χ0) is 16.4. The van der Waals surface area contributed by atoms with E-state index in [0.717, 1.165) is 26.1 Å². The van der Waals surface area contributed by atoms with E-state index in [1.807, 2.05) is 16.9 Å². The van der Waals surface area contributed by atoms with Crippen LogP contribution in [0.3, 0.4) is 0 Å². The Bertz CT molecular complexity index is 687. The first-order valence-electron chi connectivity index (χ1n) is 8.13. The Kier molecular flexibility index (Phi) is 4.48. The van der Waals surface area contributed by atoms with Crippen LogP contribution in [0.25, 0.3) is 0 Å². The van der Waals surface area contributed by atoms with Crippen molar-refractivity contribution in [3.63, 3.8) is 0 Å². The van der Waals surface area contributed by atoms with Gasteiger partial charge in [-0.15, -0.1) is 0 Å². The number of aryl methyl sites for hydroxylation is 2. The first-order chi connectivity index (χ1) is 11.0. The summed E-state index contributed by atoms with van der Waals surface area (Å²) < 4.78 is 1.98. The Labute approximate surface area is 137 Å². The van der Waals surface area contributed by atoms with Crippen LogP contribution in [0.1, 0.15) is 36.1 Å². The summed E-state index contributed by atoms with van der Waals surface area (Å²) in [6.07, 6.45) is 3.05. The van der Waals surface area contributed by atoms with Gasteiger partial charge in [0.15, 0.2) is 5.82 Å². The molecule has 3 rings (SSSR count). The monoisotopic (exact) mass is 312 g/mol.